The smallest absolute Gasteiger partial charge is 0.230 e. The molecule has 1 aromatic carbocycles. The van der Waals surface area contributed by atoms with Crippen LogP contribution in [-0.4, -0.2) is 64.5 Å². The van der Waals surface area contributed by atoms with Gasteiger partial charge in [0, 0.05) is 25.1 Å². The number of ether oxygens (including phenoxy) is 1. The summed E-state index contributed by atoms with van der Waals surface area (Å²) in [6.45, 7) is 2.10. The molecule has 2 aromatic heterocycles. The molecule has 0 atom stereocenters. The van der Waals surface area contributed by atoms with Crippen molar-refractivity contribution in [2.24, 2.45) is 0 Å². The van der Waals surface area contributed by atoms with E-state index in [1.54, 1.807) is 30.1 Å². The lowest BCUT2D eigenvalue weighted by Crippen LogP contribution is -2.29. The molecule has 0 aliphatic heterocycles. The van der Waals surface area contributed by atoms with Crippen LogP contribution in [0.15, 0.2) is 40.5 Å². The summed E-state index contributed by atoms with van der Waals surface area (Å²) >= 11 is 2.81. The van der Waals surface area contributed by atoms with Crippen molar-refractivity contribution in [1.29, 1.82) is 0 Å². The molecule has 11 heteroatoms. The van der Waals surface area contributed by atoms with Gasteiger partial charge in [0.2, 0.25) is 5.91 Å². The third-order valence-corrected chi connectivity index (χ3v) is 5.65. The number of anilines is 1. The zero-order valence-electron chi connectivity index (χ0n) is 16.7. The van der Waals surface area contributed by atoms with E-state index in [2.05, 4.69) is 25.7 Å². The predicted molar refractivity (Wildman–Crippen MR) is 118 cm³/mol. The normalized spacial score (nSPS) is 11.0. The Hall–Kier alpha value is -2.37. The van der Waals surface area contributed by atoms with E-state index < -0.39 is 0 Å². The Morgan fingerprint density at radius 1 is 1.23 bits per heavy atom. The highest BCUT2D eigenvalue weighted by molar-refractivity contribution is 8.00. The number of hydrogen-bond donors (Lipinski definition) is 2. The topological polar surface area (TPSA) is 94.0 Å². The first-order valence-corrected chi connectivity index (χ1v) is 11.5. The molecule has 0 fully saturated rings. The lowest BCUT2D eigenvalue weighted by atomic mass is 10.4. The van der Waals surface area contributed by atoms with Crippen LogP contribution in [0, 0.1) is 5.82 Å². The van der Waals surface area contributed by atoms with Crippen molar-refractivity contribution in [1.82, 2.24) is 25.1 Å². The Bertz CT molecular complexity index is 983. The van der Waals surface area contributed by atoms with Crippen molar-refractivity contribution < 1.29 is 13.9 Å². The number of carbonyl (C=O) groups excluding carboxylic acids is 1. The molecule has 0 aliphatic carbocycles. The third kappa shape index (κ3) is 6.07. The number of benzene rings is 1. The third-order valence-electron chi connectivity index (χ3n) is 4.09. The van der Waals surface area contributed by atoms with Crippen molar-refractivity contribution >= 4 is 46.3 Å². The summed E-state index contributed by atoms with van der Waals surface area (Å²) in [4.78, 5) is 22.0. The minimum atomic E-state index is -0.291. The Morgan fingerprint density at radius 2 is 2.03 bits per heavy atom. The van der Waals surface area contributed by atoms with Gasteiger partial charge in [0.25, 0.3) is 0 Å². The van der Waals surface area contributed by atoms with Crippen molar-refractivity contribution in [2.45, 2.75) is 16.6 Å². The van der Waals surface area contributed by atoms with Crippen LogP contribution in [-0.2, 0) is 16.1 Å². The number of halogens is 1. The van der Waals surface area contributed by atoms with E-state index in [1.807, 2.05) is 6.26 Å². The molecule has 0 radical (unpaired) electrons. The Balaban J connectivity index is 1.56. The van der Waals surface area contributed by atoms with Gasteiger partial charge in [-0.3, -0.25) is 4.79 Å². The summed E-state index contributed by atoms with van der Waals surface area (Å²) in [5, 5.41) is 12.0. The van der Waals surface area contributed by atoms with Crippen molar-refractivity contribution in [3.63, 3.8) is 0 Å². The van der Waals surface area contributed by atoms with Gasteiger partial charge in [0.15, 0.2) is 10.8 Å². The zero-order valence-corrected chi connectivity index (χ0v) is 18.4. The predicted octanol–water partition coefficient (Wildman–Crippen LogP) is 2.65. The number of nitrogens with zero attached hydrogens (tertiary/aromatic N) is 4. The van der Waals surface area contributed by atoms with Gasteiger partial charge in [0.1, 0.15) is 11.6 Å². The zero-order chi connectivity index (χ0) is 21.3. The van der Waals surface area contributed by atoms with Crippen molar-refractivity contribution in [3.8, 4) is 0 Å². The van der Waals surface area contributed by atoms with E-state index in [-0.39, 0.29) is 17.5 Å². The van der Waals surface area contributed by atoms with Gasteiger partial charge in [-0.15, -0.1) is 11.8 Å². The SMILES string of the molecule is COCCNc1nc(SC)nc2c1cnn2CCNC(=O)CSc1ccc(F)cc1. The maximum Gasteiger partial charge on any atom is 0.230 e. The molecule has 2 N–H and O–H groups in total. The second-order valence-corrected chi connectivity index (χ2v) is 8.00. The highest BCUT2D eigenvalue weighted by Gasteiger charge is 2.13. The van der Waals surface area contributed by atoms with Gasteiger partial charge >= 0.3 is 0 Å². The number of hydrogen-bond acceptors (Lipinski definition) is 8. The van der Waals surface area contributed by atoms with Crippen molar-refractivity contribution in [2.75, 3.05) is 44.1 Å². The summed E-state index contributed by atoms with van der Waals surface area (Å²) < 4.78 is 19.8. The number of aromatic nitrogens is 4. The van der Waals surface area contributed by atoms with Crippen LogP contribution >= 0.6 is 23.5 Å². The van der Waals surface area contributed by atoms with E-state index >= 15 is 0 Å². The molecular formula is C19H23FN6O2S2. The number of fused-ring (bicyclic) bond motifs is 1. The molecule has 0 saturated heterocycles. The highest BCUT2D eigenvalue weighted by Crippen LogP contribution is 2.23. The first-order chi connectivity index (χ1) is 14.6. The molecule has 2 heterocycles. The molecule has 1 amide bonds. The van der Waals surface area contributed by atoms with Crippen molar-refractivity contribution in [3.05, 3.63) is 36.3 Å². The van der Waals surface area contributed by atoms with Crippen LogP contribution in [0.25, 0.3) is 11.0 Å². The van der Waals surface area contributed by atoms with E-state index in [4.69, 9.17) is 4.74 Å². The summed E-state index contributed by atoms with van der Waals surface area (Å²) in [6.07, 6.45) is 3.64. The first kappa shape index (κ1) is 22.3. The van der Waals surface area contributed by atoms with Gasteiger partial charge in [-0.05, 0) is 30.5 Å². The van der Waals surface area contributed by atoms with Crippen LogP contribution in [0.3, 0.4) is 0 Å². The van der Waals surface area contributed by atoms with Crippen LogP contribution in [0.1, 0.15) is 0 Å². The number of carbonyl (C=O) groups is 1. The lowest BCUT2D eigenvalue weighted by molar-refractivity contribution is -0.118. The molecular weight excluding hydrogens is 427 g/mol. The summed E-state index contributed by atoms with van der Waals surface area (Å²) in [5.41, 5.74) is 0.712. The lowest BCUT2D eigenvalue weighted by Gasteiger charge is -2.09. The second-order valence-electron chi connectivity index (χ2n) is 6.18. The maximum atomic E-state index is 12.9. The van der Waals surface area contributed by atoms with Crippen LogP contribution in [0.4, 0.5) is 10.2 Å². The average molecular weight is 451 g/mol. The fraction of sp³-hybridized carbons (Fsp3) is 0.368. The minimum absolute atomic E-state index is 0.0952. The van der Waals surface area contributed by atoms with E-state index in [0.29, 0.717) is 42.9 Å². The molecule has 0 aliphatic rings. The minimum Gasteiger partial charge on any atom is -0.383 e. The van der Waals surface area contributed by atoms with Gasteiger partial charge < -0.3 is 15.4 Å². The molecule has 30 heavy (non-hydrogen) atoms. The molecule has 0 saturated carbocycles. The molecule has 3 rings (SSSR count). The van der Waals surface area contributed by atoms with Gasteiger partial charge in [-0.25, -0.2) is 19.0 Å². The number of nitrogens with one attached hydrogen (secondary N) is 2. The first-order valence-electron chi connectivity index (χ1n) is 9.26. The molecule has 0 unspecified atom stereocenters. The van der Waals surface area contributed by atoms with Gasteiger partial charge in [0.05, 0.1) is 30.5 Å². The average Bonchev–Trinajstić information content (AvgIpc) is 3.16. The van der Waals surface area contributed by atoms with Crippen LogP contribution < -0.4 is 10.6 Å². The van der Waals surface area contributed by atoms with Crippen LogP contribution in [0.5, 0.6) is 0 Å². The quantitative estimate of drug-likeness (QED) is 0.262. The van der Waals surface area contributed by atoms with Gasteiger partial charge in [-0.2, -0.15) is 5.10 Å². The summed E-state index contributed by atoms with van der Waals surface area (Å²) in [6, 6.07) is 6.08. The Kier molecular flexibility index (Phi) is 8.29. The second kappa shape index (κ2) is 11.1. The number of rotatable bonds is 11. The van der Waals surface area contributed by atoms with E-state index in [9.17, 15) is 9.18 Å². The Morgan fingerprint density at radius 3 is 2.77 bits per heavy atom. The maximum absolute atomic E-state index is 12.9. The molecule has 3 aromatic rings. The fourth-order valence-corrected chi connectivity index (χ4v) is 3.72. The number of methoxy groups -OCH3 is 1. The number of amides is 1. The largest absolute Gasteiger partial charge is 0.383 e. The monoisotopic (exact) mass is 450 g/mol. The van der Waals surface area contributed by atoms with E-state index in [0.717, 1.165) is 10.3 Å². The Labute approximate surface area is 182 Å². The molecule has 8 nitrogen and oxygen atoms in total. The molecule has 0 spiro atoms. The summed E-state index contributed by atoms with van der Waals surface area (Å²) in [5.74, 6) is 0.591. The standard InChI is InChI=1S/C19H23FN6O2S2/c1-28-10-8-22-17-15-11-23-26(18(15)25-19(24-17)29-2)9-7-21-16(27)12-30-14-5-3-13(20)4-6-14/h3-6,11H,7-10,12H2,1-2H3,(H,21,27)(H,22,24,25). The summed E-state index contributed by atoms with van der Waals surface area (Å²) in [7, 11) is 1.65. The van der Waals surface area contributed by atoms with Gasteiger partial charge in [-0.1, -0.05) is 11.8 Å². The number of thioether (sulfide) groups is 2. The van der Waals surface area contributed by atoms with E-state index in [1.165, 1.54) is 35.7 Å². The molecule has 160 valence electrons. The fourth-order valence-electron chi connectivity index (χ4n) is 2.63. The van der Waals surface area contributed by atoms with Crippen LogP contribution in [0.2, 0.25) is 0 Å². The highest BCUT2D eigenvalue weighted by atomic mass is 32.2. The molecule has 0 bridgehead atoms.